The van der Waals surface area contributed by atoms with Crippen molar-refractivity contribution in [3.05, 3.63) is 12.2 Å². The standard InChI is InChI=1S/C8H14O2/c1-7(2)4-9-5-8(3)6-10-8/h1,4-6H2,2-3H3. The van der Waals surface area contributed by atoms with Crippen LogP contribution in [0.25, 0.3) is 0 Å². The molecule has 0 N–H and O–H groups in total. The molecule has 10 heavy (non-hydrogen) atoms. The van der Waals surface area contributed by atoms with Crippen molar-refractivity contribution in [3.8, 4) is 0 Å². The van der Waals surface area contributed by atoms with E-state index in [-0.39, 0.29) is 5.60 Å². The number of hydrogen-bond acceptors (Lipinski definition) is 2. The van der Waals surface area contributed by atoms with Crippen LogP contribution >= 0.6 is 0 Å². The molecule has 1 saturated heterocycles. The van der Waals surface area contributed by atoms with E-state index in [1.165, 1.54) is 0 Å². The molecule has 2 heteroatoms. The Balaban J connectivity index is 2.00. The largest absolute Gasteiger partial charge is 0.374 e. The zero-order valence-corrected chi connectivity index (χ0v) is 6.64. The molecule has 0 radical (unpaired) electrons. The van der Waals surface area contributed by atoms with Gasteiger partial charge in [0.05, 0.1) is 19.8 Å². The molecule has 1 atom stereocenters. The molecule has 0 bridgehead atoms. The van der Waals surface area contributed by atoms with Crippen LogP contribution in [0.4, 0.5) is 0 Å². The summed E-state index contributed by atoms with van der Waals surface area (Å²) in [5.41, 5.74) is 1.08. The summed E-state index contributed by atoms with van der Waals surface area (Å²) < 4.78 is 10.4. The van der Waals surface area contributed by atoms with Gasteiger partial charge >= 0.3 is 0 Å². The highest BCUT2D eigenvalue weighted by atomic mass is 16.6. The van der Waals surface area contributed by atoms with E-state index < -0.39 is 0 Å². The van der Waals surface area contributed by atoms with Gasteiger partial charge in [-0.15, -0.1) is 0 Å². The van der Waals surface area contributed by atoms with Gasteiger partial charge in [-0.3, -0.25) is 0 Å². The fourth-order valence-electron chi connectivity index (χ4n) is 0.648. The first kappa shape index (κ1) is 7.76. The van der Waals surface area contributed by atoms with Crippen molar-refractivity contribution in [2.24, 2.45) is 0 Å². The van der Waals surface area contributed by atoms with Crippen molar-refractivity contribution in [2.75, 3.05) is 19.8 Å². The van der Waals surface area contributed by atoms with Crippen LogP contribution in [-0.4, -0.2) is 25.4 Å². The summed E-state index contributed by atoms with van der Waals surface area (Å²) in [5.74, 6) is 0. The second kappa shape index (κ2) is 2.72. The van der Waals surface area contributed by atoms with Crippen molar-refractivity contribution in [2.45, 2.75) is 19.4 Å². The van der Waals surface area contributed by atoms with E-state index in [2.05, 4.69) is 6.58 Å². The molecular weight excluding hydrogens is 128 g/mol. The zero-order chi connectivity index (χ0) is 7.61. The average molecular weight is 142 g/mol. The predicted octanol–water partition coefficient (Wildman–Crippen LogP) is 1.37. The number of epoxide rings is 1. The van der Waals surface area contributed by atoms with Gasteiger partial charge in [-0.05, 0) is 13.8 Å². The van der Waals surface area contributed by atoms with Crippen LogP contribution in [0.1, 0.15) is 13.8 Å². The molecular formula is C8H14O2. The highest BCUT2D eigenvalue weighted by Crippen LogP contribution is 2.25. The van der Waals surface area contributed by atoms with Gasteiger partial charge in [-0.2, -0.15) is 0 Å². The minimum Gasteiger partial charge on any atom is -0.374 e. The highest BCUT2D eigenvalue weighted by molar-refractivity contribution is 4.90. The van der Waals surface area contributed by atoms with Crippen molar-refractivity contribution < 1.29 is 9.47 Å². The van der Waals surface area contributed by atoms with Gasteiger partial charge in [0.15, 0.2) is 0 Å². The van der Waals surface area contributed by atoms with E-state index in [0.29, 0.717) is 13.2 Å². The molecule has 1 fully saturated rings. The van der Waals surface area contributed by atoms with Gasteiger partial charge in [0.2, 0.25) is 0 Å². The molecule has 0 aromatic carbocycles. The van der Waals surface area contributed by atoms with Crippen LogP contribution in [0.5, 0.6) is 0 Å². The third kappa shape index (κ3) is 2.50. The van der Waals surface area contributed by atoms with Crippen molar-refractivity contribution >= 4 is 0 Å². The Morgan fingerprint density at radius 3 is 2.80 bits per heavy atom. The first-order chi connectivity index (χ1) is 4.62. The van der Waals surface area contributed by atoms with Crippen LogP contribution in [0.2, 0.25) is 0 Å². The van der Waals surface area contributed by atoms with Gasteiger partial charge in [-0.1, -0.05) is 12.2 Å². The minimum atomic E-state index is 0.0233. The van der Waals surface area contributed by atoms with E-state index in [1.807, 2.05) is 13.8 Å². The molecule has 0 aromatic heterocycles. The van der Waals surface area contributed by atoms with Gasteiger partial charge < -0.3 is 9.47 Å². The second-order valence-electron chi connectivity index (χ2n) is 3.19. The number of rotatable bonds is 4. The van der Waals surface area contributed by atoms with E-state index in [1.54, 1.807) is 0 Å². The Labute approximate surface area is 61.8 Å². The van der Waals surface area contributed by atoms with Crippen molar-refractivity contribution in [1.29, 1.82) is 0 Å². The topological polar surface area (TPSA) is 21.8 Å². The first-order valence-electron chi connectivity index (χ1n) is 3.48. The number of hydrogen-bond donors (Lipinski definition) is 0. The quantitative estimate of drug-likeness (QED) is 0.437. The molecule has 1 aliphatic rings. The monoisotopic (exact) mass is 142 g/mol. The number of ether oxygens (including phenoxy) is 2. The smallest absolute Gasteiger partial charge is 0.112 e. The van der Waals surface area contributed by atoms with E-state index in [9.17, 15) is 0 Å². The van der Waals surface area contributed by atoms with Crippen LogP contribution in [0, 0.1) is 0 Å². The normalized spacial score (nSPS) is 30.2. The van der Waals surface area contributed by atoms with Crippen molar-refractivity contribution in [3.63, 3.8) is 0 Å². The third-order valence-electron chi connectivity index (χ3n) is 1.39. The fraction of sp³-hybridized carbons (Fsp3) is 0.750. The SMILES string of the molecule is C=C(C)COCC1(C)CO1. The summed E-state index contributed by atoms with van der Waals surface area (Å²) in [6, 6.07) is 0. The summed E-state index contributed by atoms with van der Waals surface area (Å²) in [7, 11) is 0. The van der Waals surface area contributed by atoms with Gasteiger partial charge in [0, 0.05) is 0 Å². The Bertz CT molecular complexity index is 136. The molecule has 0 aromatic rings. The molecule has 0 amide bonds. The zero-order valence-electron chi connectivity index (χ0n) is 6.64. The molecule has 1 unspecified atom stereocenters. The maximum Gasteiger partial charge on any atom is 0.112 e. The summed E-state index contributed by atoms with van der Waals surface area (Å²) in [6.07, 6.45) is 0. The van der Waals surface area contributed by atoms with Crippen LogP contribution in [0.3, 0.4) is 0 Å². The minimum absolute atomic E-state index is 0.0233. The molecule has 1 aliphatic heterocycles. The predicted molar refractivity (Wildman–Crippen MR) is 40.0 cm³/mol. The van der Waals surface area contributed by atoms with Gasteiger partial charge in [-0.25, -0.2) is 0 Å². The Hall–Kier alpha value is -0.340. The summed E-state index contributed by atoms with van der Waals surface area (Å²) in [5, 5.41) is 0. The highest BCUT2D eigenvalue weighted by Gasteiger charge is 2.39. The third-order valence-corrected chi connectivity index (χ3v) is 1.39. The van der Waals surface area contributed by atoms with E-state index in [0.717, 1.165) is 12.2 Å². The van der Waals surface area contributed by atoms with Gasteiger partial charge in [0.1, 0.15) is 5.60 Å². The average Bonchev–Trinajstić information content (AvgIpc) is 2.47. The Morgan fingerprint density at radius 1 is 1.80 bits per heavy atom. The molecule has 0 spiro atoms. The lowest BCUT2D eigenvalue weighted by Gasteiger charge is -2.05. The first-order valence-corrected chi connectivity index (χ1v) is 3.48. The molecule has 2 nitrogen and oxygen atoms in total. The fourth-order valence-corrected chi connectivity index (χ4v) is 0.648. The molecule has 1 rings (SSSR count). The van der Waals surface area contributed by atoms with E-state index in [4.69, 9.17) is 9.47 Å². The van der Waals surface area contributed by atoms with Gasteiger partial charge in [0.25, 0.3) is 0 Å². The van der Waals surface area contributed by atoms with Crippen LogP contribution in [-0.2, 0) is 9.47 Å². The van der Waals surface area contributed by atoms with E-state index >= 15 is 0 Å². The second-order valence-corrected chi connectivity index (χ2v) is 3.19. The maximum absolute atomic E-state index is 5.30. The lowest BCUT2D eigenvalue weighted by atomic mass is 10.2. The van der Waals surface area contributed by atoms with Crippen LogP contribution < -0.4 is 0 Å². The summed E-state index contributed by atoms with van der Waals surface area (Å²) in [6.45, 7) is 9.91. The Morgan fingerprint density at radius 2 is 2.40 bits per heavy atom. The molecule has 1 heterocycles. The lowest BCUT2D eigenvalue weighted by Crippen LogP contribution is -2.15. The maximum atomic E-state index is 5.30. The molecule has 0 saturated carbocycles. The lowest BCUT2D eigenvalue weighted by molar-refractivity contribution is 0.101. The summed E-state index contributed by atoms with van der Waals surface area (Å²) >= 11 is 0. The Kier molecular flexibility index (Phi) is 2.11. The molecule has 58 valence electrons. The van der Waals surface area contributed by atoms with Crippen molar-refractivity contribution in [1.82, 2.24) is 0 Å². The molecule has 0 aliphatic carbocycles. The summed E-state index contributed by atoms with van der Waals surface area (Å²) in [4.78, 5) is 0. The van der Waals surface area contributed by atoms with Crippen LogP contribution in [0.15, 0.2) is 12.2 Å².